The van der Waals surface area contributed by atoms with E-state index in [1.54, 1.807) is 0 Å². The Bertz CT molecular complexity index is 6.00. The standard InChI is InChI=1S/ClH.F2O/c;1-3-2/h1H;. The van der Waals surface area contributed by atoms with E-state index in [0.29, 0.717) is 0 Å². The molecular formula is HClF2O. The molecular weight excluding hydrogens is 89.4 g/mol. The van der Waals surface area contributed by atoms with Crippen LogP contribution in [0.25, 0.3) is 0 Å². The smallest absolute Gasteiger partial charge is 0.0209 e. The molecule has 0 aromatic rings. The molecule has 0 radical (unpaired) electrons. The predicted molar refractivity (Wildman–Crippen MR) is 10.5 cm³/mol. The van der Waals surface area contributed by atoms with Crippen molar-refractivity contribution in [3.8, 4) is 0 Å². The van der Waals surface area contributed by atoms with Gasteiger partial charge in [0.2, 0.25) is 0 Å². The third-order valence-electron chi connectivity index (χ3n) is 0. The zero-order valence-electron chi connectivity index (χ0n) is 1.57. The lowest BCUT2D eigenvalue weighted by Gasteiger charge is -1.41. The summed E-state index contributed by atoms with van der Waals surface area (Å²) in [6.45, 7) is 0. The zero-order chi connectivity index (χ0) is 2.71. The highest BCUT2D eigenvalue weighted by Crippen LogP contribution is 1.61. The third-order valence-corrected chi connectivity index (χ3v) is 0. The maximum Gasteiger partial charge on any atom is 0.0209 e. The average molecular weight is 90.5 g/mol. The number of hydrogen-bond acceptors (Lipinski definition) is 1. The van der Waals surface area contributed by atoms with Gasteiger partial charge < -0.3 is 0 Å². The molecule has 0 rings (SSSR count). The lowest BCUT2D eigenvalue weighted by molar-refractivity contribution is -0.317. The van der Waals surface area contributed by atoms with Crippen molar-refractivity contribution in [2.75, 3.05) is 0 Å². The Morgan fingerprint density at radius 3 is 1.25 bits per heavy atom. The van der Waals surface area contributed by atoms with Gasteiger partial charge in [-0.3, -0.25) is 0 Å². The molecule has 0 saturated carbocycles. The summed E-state index contributed by atoms with van der Waals surface area (Å²) >= 11 is 0. The Balaban J connectivity index is 0. The lowest BCUT2D eigenvalue weighted by Crippen LogP contribution is -1.26. The van der Waals surface area contributed by atoms with Crippen molar-refractivity contribution < 1.29 is 14.2 Å². The molecule has 4 heavy (non-hydrogen) atoms. The highest BCUT2D eigenvalue weighted by Gasteiger charge is 1.42. The first-order valence-electron chi connectivity index (χ1n) is 0.309. The van der Waals surface area contributed by atoms with Gasteiger partial charge in [-0.25, -0.2) is 0 Å². The molecule has 0 atom stereocenters. The number of halogens is 3. The molecule has 0 unspecified atom stereocenters. The Morgan fingerprint density at radius 2 is 1.25 bits per heavy atom. The van der Waals surface area contributed by atoms with Crippen molar-refractivity contribution in [1.82, 2.24) is 0 Å². The fourth-order valence-corrected chi connectivity index (χ4v) is 0. The summed E-state index contributed by atoms with van der Waals surface area (Å²) in [4.78, 5) is 0. The first kappa shape index (κ1) is 8.93. The van der Waals surface area contributed by atoms with Gasteiger partial charge in [0.15, 0.2) is 0 Å². The fraction of sp³-hybridized carbons (Fsp3) is 0. The van der Waals surface area contributed by atoms with Crippen LogP contribution in [-0.2, 0) is 5.15 Å². The molecule has 0 fully saturated rings. The van der Waals surface area contributed by atoms with E-state index < -0.39 is 0 Å². The van der Waals surface area contributed by atoms with Crippen LogP contribution in [0.1, 0.15) is 0 Å². The van der Waals surface area contributed by atoms with Crippen LogP contribution in [0, 0.1) is 0 Å². The van der Waals surface area contributed by atoms with E-state index in [1.165, 1.54) is 5.15 Å². The molecule has 1 nitrogen and oxygen atoms in total. The summed E-state index contributed by atoms with van der Waals surface area (Å²) in [7, 11) is 0. The van der Waals surface area contributed by atoms with Gasteiger partial charge in [0, 0.05) is 5.15 Å². The van der Waals surface area contributed by atoms with Crippen molar-refractivity contribution >= 4 is 12.4 Å². The Labute approximate surface area is 27.8 Å². The van der Waals surface area contributed by atoms with Crippen molar-refractivity contribution in [3.63, 3.8) is 0 Å². The molecule has 0 saturated heterocycles. The van der Waals surface area contributed by atoms with Crippen LogP contribution in [0.4, 0.5) is 9.05 Å². The number of rotatable bonds is 0. The molecule has 0 aliphatic carbocycles. The van der Waals surface area contributed by atoms with Crippen LogP contribution in [0.3, 0.4) is 0 Å². The summed E-state index contributed by atoms with van der Waals surface area (Å²) in [6, 6.07) is 0. The molecule has 28 valence electrons. The SMILES string of the molecule is Cl.FOF. The average Bonchev–Trinajstić information content (AvgIpc) is 0.918. The van der Waals surface area contributed by atoms with E-state index in [4.69, 9.17) is 9.05 Å². The van der Waals surface area contributed by atoms with Gasteiger partial charge in [-0.05, 0) is 9.05 Å². The molecule has 0 heterocycles. The second kappa shape index (κ2) is 11.2. The molecule has 0 aromatic carbocycles. The minimum Gasteiger partial charge on any atom is -0.147 e. The van der Waals surface area contributed by atoms with E-state index in [0.717, 1.165) is 0 Å². The van der Waals surface area contributed by atoms with E-state index in [2.05, 4.69) is 0 Å². The van der Waals surface area contributed by atoms with E-state index in [-0.39, 0.29) is 12.4 Å². The number of hydrogen-bond donors (Lipinski definition) is 0. The first-order valence-corrected chi connectivity index (χ1v) is 0.309. The van der Waals surface area contributed by atoms with Crippen molar-refractivity contribution in [2.45, 2.75) is 0 Å². The normalized spacial score (nSPS) is 4.50. The predicted octanol–water partition coefficient (Wildman–Crippen LogP) is 1.19. The minimum atomic E-state index is 0. The van der Waals surface area contributed by atoms with Crippen LogP contribution < -0.4 is 0 Å². The van der Waals surface area contributed by atoms with Crippen molar-refractivity contribution in [2.24, 2.45) is 0 Å². The topological polar surface area (TPSA) is 9.23 Å². The van der Waals surface area contributed by atoms with Gasteiger partial charge in [-0.2, -0.15) is 0 Å². The van der Waals surface area contributed by atoms with Crippen molar-refractivity contribution in [3.05, 3.63) is 0 Å². The van der Waals surface area contributed by atoms with Crippen LogP contribution in [0.15, 0.2) is 0 Å². The van der Waals surface area contributed by atoms with Crippen LogP contribution in [0.5, 0.6) is 0 Å². The van der Waals surface area contributed by atoms with Crippen LogP contribution in [0.2, 0.25) is 0 Å². The summed E-state index contributed by atoms with van der Waals surface area (Å²) in [5.74, 6) is 0. The van der Waals surface area contributed by atoms with E-state index in [9.17, 15) is 0 Å². The van der Waals surface area contributed by atoms with Gasteiger partial charge >= 0.3 is 0 Å². The van der Waals surface area contributed by atoms with Crippen LogP contribution >= 0.6 is 12.4 Å². The maximum absolute atomic E-state index is 9.12. The zero-order valence-corrected chi connectivity index (χ0v) is 2.39. The summed E-state index contributed by atoms with van der Waals surface area (Å²) in [5, 5.41) is 1.25. The molecule has 0 aromatic heterocycles. The Hall–Kier alpha value is 0.110. The quantitative estimate of drug-likeness (QED) is 0.434. The molecule has 0 aliphatic rings. The van der Waals surface area contributed by atoms with E-state index in [1.807, 2.05) is 0 Å². The largest absolute Gasteiger partial charge is 0.147 e. The Kier molecular flexibility index (Phi) is 25.1. The second-order valence-electron chi connectivity index (χ2n) is 0.0583. The highest BCUT2D eigenvalue weighted by molar-refractivity contribution is 5.85. The van der Waals surface area contributed by atoms with Crippen molar-refractivity contribution in [1.29, 1.82) is 0 Å². The van der Waals surface area contributed by atoms with Gasteiger partial charge in [0.05, 0.1) is 0 Å². The molecule has 0 bridgehead atoms. The molecule has 0 N–H and O–H groups in total. The molecule has 0 aliphatic heterocycles. The van der Waals surface area contributed by atoms with Crippen LogP contribution in [-0.4, -0.2) is 0 Å². The highest BCUT2D eigenvalue weighted by atomic mass is 35.5. The van der Waals surface area contributed by atoms with Gasteiger partial charge in [0.1, 0.15) is 0 Å². The van der Waals surface area contributed by atoms with Gasteiger partial charge in [-0.15, -0.1) is 12.4 Å². The molecule has 0 spiro atoms. The lowest BCUT2D eigenvalue weighted by atomic mass is 15.4. The molecule has 0 amide bonds. The maximum atomic E-state index is 9.12. The third kappa shape index (κ3) is 215. The van der Waals surface area contributed by atoms with E-state index >= 15 is 0 Å². The first-order chi connectivity index (χ1) is 1.41. The monoisotopic (exact) mass is 90.0 g/mol. The Morgan fingerprint density at radius 1 is 1.25 bits per heavy atom. The fourth-order valence-electron chi connectivity index (χ4n) is 0. The van der Waals surface area contributed by atoms with Gasteiger partial charge in [-0.1, -0.05) is 0 Å². The summed E-state index contributed by atoms with van der Waals surface area (Å²) < 4.78 is 18.2. The minimum absolute atomic E-state index is 0. The second-order valence-corrected chi connectivity index (χ2v) is 0.0583. The summed E-state index contributed by atoms with van der Waals surface area (Å²) in [5.41, 5.74) is 0. The van der Waals surface area contributed by atoms with Gasteiger partial charge in [0.25, 0.3) is 0 Å². The summed E-state index contributed by atoms with van der Waals surface area (Å²) in [6.07, 6.45) is 0. The molecule has 4 heteroatoms.